The van der Waals surface area contributed by atoms with E-state index in [0.29, 0.717) is 37.4 Å². The maximum absolute atomic E-state index is 12.9. The number of para-hydroxylation sites is 1. The Labute approximate surface area is 262 Å². The minimum absolute atomic E-state index is 0.195. The standard InChI is InChI=1S/C33H53N7O4/c1-8-35-22-26-38-28-29(24-16-12-13-17-25(24)37-30(28)34)40(26)23-33(6,7)43-27(41)18-11-10-14-20-39(9-2)21-15-19-36-31(42)44-32(3,4)5/h12-13,16-17,35H,8-11,14-15,18-23H2,1-7H3,(H2,34,37)(H,36,42). The number of fused-ring (bicyclic) bond motifs is 3. The lowest BCUT2D eigenvalue weighted by Crippen LogP contribution is -2.34. The van der Waals surface area contributed by atoms with Gasteiger partial charge >= 0.3 is 12.1 Å². The molecule has 0 bridgehead atoms. The van der Waals surface area contributed by atoms with Crippen LogP contribution in [0.1, 0.15) is 86.4 Å². The number of amides is 1. The van der Waals surface area contributed by atoms with Crippen molar-refractivity contribution in [2.24, 2.45) is 0 Å². The monoisotopic (exact) mass is 611 g/mol. The van der Waals surface area contributed by atoms with Crippen LogP contribution in [0.2, 0.25) is 0 Å². The molecule has 1 amide bonds. The van der Waals surface area contributed by atoms with Crippen molar-refractivity contribution >= 4 is 39.8 Å². The number of hydrogen-bond acceptors (Lipinski definition) is 9. The van der Waals surface area contributed by atoms with Crippen LogP contribution >= 0.6 is 0 Å². The summed E-state index contributed by atoms with van der Waals surface area (Å²) in [6, 6.07) is 7.90. The van der Waals surface area contributed by atoms with Gasteiger partial charge in [-0.3, -0.25) is 4.79 Å². The maximum Gasteiger partial charge on any atom is 0.407 e. The summed E-state index contributed by atoms with van der Waals surface area (Å²) in [6.45, 7) is 18.8. The molecule has 3 rings (SSSR count). The first kappa shape index (κ1) is 35.0. The average Bonchev–Trinajstić information content (AvgIpc) is 3.29. The van der Waals surface area contributed by atoms with Crippen LogP contribution in [0.4, 0.5) is 10.6 Å². The number of carbonyl (C=O) groups is 2. The SMILES string of the molecule is CCNCc1nc2c(N)nc3ccccc3c2n1CC(C)(C)OC(=O)CCCCCN(CC)CCCNC(=O)OC(C)(C)C. The number of aromatic nitrogens is 3. The number of imidazole rings is 1. The largest absolute Gasteiger partial charge is 0.458 e. The molecule has 0 saturated carbocycles. The quantitative estimate of drug-likeness (QED) is 0.135. The fraction of sp³-hybridized carbons (Fsp3) is 0.636. The van der Waals surface area contributed by atoms with E-state index >= 15 is 0 Å². The number of nitrogens with one attached hydrogen (secondary N) is 2. The van der Waals surface area contributed by atoms with Gasteiger partial charge in [0.05, 0.1) is 24.1 Å². The van der Waals surface area contributed by atoms with Crippen LogP contribution in [0.25, 0.3) is 21.9 Å². The van der Waals surface area contributed by atoms with Crippen LogP contribution < -0.4 is 16.4 Å². The van der Waals surface area contributed by atoms with E-state index in [1.54, 1.807) is 0 Å². The fourth-order valence-electron chi connectivity index (χ4n) is 5.24. The molecule has 0 aliphatic carbocycles. The molecule has 0 aliphatic rings. The number of unbranched alkanes of at least 4 members (excludes halogenated alkanes) is 2. The molecule has 0 spiro atoms. The summed E-state index contributed by atoms with van der Waals surface area (Å²) < 4.78 is 13.4. The van der Waals surface area contributed by atoms with Gasteiger partial charge in [0.15, 0.2) is 5.82 Å². The van der Waals surface area contributed by atoms with Crippen molar-refractivity contribution in [2.45, 2.75) is 105 Å². The molecule has 4 N–H and O–H groups in total. The highest BCUT2D eigenvalue weighted by Crippen LogP contribution is 2.30. The smallest absolute Gasteiger partial charge is 0.407 e. The van der Waals surface area contributed by atoms with Crippen molar-refractivity contribution in [3.8, 4) is 0 Å². The third kappa shape index (κ3) is 10.6. The summed E-state index contributed by atoms with van der Waals surface area (Å²) in [5.41, 5.74) is 7.47. The van der Waals surface area contributed by atoms with Gasteiger partial charge in [-0.2, -0.15) is 0 Å². The van der Waals surface area contributed by atoms with Crippen molar-refractivity contribution < 1.29 is 19.1 Å². The van der Waals surface area contributed by atoms with E-state index < -0.39 is 11.2 Å². The first-order valence-corrected chi connectivity index (χ1v) is 16.0. The maximum atomic E-state index is 12.9. The number of pyridine rings is 1. The molecule has 0 radical (unpaired) electrons. The molecule has 0 saturated heterocycles. The molecule has 11 nitrogen and oxygen atoms in total. The molecule has 11 heteroatoms. The van der Waals surface area contributed by atoms with E-state index in [9.17, 15) is 9.59 Å². The first-order chi connectivity index (χ1) is 20.8. The van der Waals surface area contributed by atoms with Crippen molar-refractivity contribution in [3.63, 3.8) is 0 Å². The molecular formula is C33H53N7O4. The van der Waals surface area contributed by atoms with Gasteiger partial charge in [0, 0.05) is 18.4 Å². The topological polar surface area (TPSA) is 137 Å². The van der Waals surface area contributed by atoms with Gasteiger partial charge in [-0.15, -0.1) is 0 Å². The summed E-state index contributed by atoms with van der Waals surface area (Å²) in [6.07, 6.45) is 3.58. The number of ether oxygens (including phenoxy) is 2. The van der Waals surface area contributed by atoms with E-state index in [1.807, 2.05) is 58.9 Å². The second kappa shape index (κ2) is 16.0. The van der Waals surface area contributed by atoms with E-state index in [2.05, 4.69) is 38.9 Å². The Bertz CT molecular complexity index is 1380. The average molecular weight is 612 g/mol. The Kier molecular flexibility index (Phi) is 12.8. The van der Waals surface area contributed by atoms with E-state index in [4.69, 9.17) is 20.2 Å². The number of nitrogens with zero attached hydrogens (tertiary/aromatic N) is 4. The van der Waals surface area contributed by atoms with Gasteiger partial charge in [0.1, 0.15) is 22.5 Å². The van der Waals surface area contributed by atoms with E-state index in [0.717, 1.165) is 74.1 Å². The minimum Gasteiger partial charge on any atom is -0.458 e. The lowest BCUT2D eigenvalue weighted by atomic mass is 10.1. The van der Waals surface area contributed by atoms with Gasteiger partial charge in [-0.25, -0.2) is 14.8 Å². The Hall–Kier alpha value is -3.44. The Morgan fingerprint density at radius 1 is 0.977 bits per heavy atom. The number of nitrogen functional groups attached to an aromatic ring is 1. The highest BCUT2D eigenvalue weighted by molar-refractivity contribution is 6.06. The van der Waals surface area contributed by atoms with Crippen LogP contribution in [0.3, 0.4) is 0 Å². The number of anilines is 1. The fourth-order valence-corrected chi connectivity index (χ4v) is 5.24. The summed E-state index contributed by atoms with van der Waals surface area (Å²) in [4.78, 5) is 36.5. The number of benzene rings is 1. The van der Waals surface area contributed by atoms with Gasteiger partial charge in [0.25, 0.3) is 0 Å². The highest BCUT2D eigenvalue weighted by atomic mass is 16.6. The van der Waals surface area contributed by atoms with Gasteiger partial charge in [-0.05, 0) is 86.1 Å². The van der Waals surface area contributed by atoms with Crippen molar-refractivity contribution in [1.82, 2.24) is 30.1 Å². The minimum atomic E-state index is -0.753. The number of carbonyl (C=O) groups excluding carboxylic acids is 2. The molecule has 44 heavy (non-hydrogen) atoms. The molecule has 0 aliphatic heterocycles. The van der Waals surface area contributed by atoms with Crippen LogP contribution in [-0.2, 0) is 27.4 Å². The van der Waals surface area contributed by atoms with Crippen LogP contribution in [0.15, 0.2) is 24.3 Å². The summed E-state index contributed by atoms with van der Waals surface area (Å²) in [5.74, 6) is 1.03. The predicted octanol–water partition coefficient (Wildman–Crippen LogP) is 5.40. The second-order valence-electron chi connectivity index (χ2n) is 12.9. The van der Waals surface area contributed by atoms with Crippen molar-refractivity contribution in [3.05, 3.63) is 30.1 Å². The summed E-state index contributed by atoms with van der Waals surface area (Å²) in [5, 5.41) is 7.14. The highest BCUT2D eigenvalue weighted by Gasteiger charge is 2.27. The van der Waals surface area contributed by atoms with Crippen molar-refractivity contribution in [1.29, 1.82) is 0 Å². The zero-order valence-electron chi connectivity index (χ0n) is 27.8. The van der Waals surface area contributed by atoms with Crippen LogP contribution in [0.5, 0.6) is 0 Å². The molecule has 0 atom stereocenters. The van der Waals surface area contributed by atoms with Gasteiger partial charge in [-0.1, -0.05) is 38.5 Å². The third-order valence-electron chi connectivity index (χ3n) is 7.27. The number of nitrogens with two attached hydrogens (primary N) is 1. The van der Waals surface area contributed by atoms with E-state index in [-0.39, 0.29) is 12.1 Å². The summed E-state index contributed by atoms with van der Waals surface area (Å²) >= 11 is 0. The number of esters is 1. The zero-order valence-corrected chi connectivity index (χ0v) is 27.8. The Balaban J connectivity index is 1.49. The third-order valence-corrected chi connectivity index (χ3v) is 7.27. The zero-order chi connectivity index (χ0) is 32.3. The molecule has 1 aromatic carbocycles. The van der Waals surface area contributed by atoms with Crippen molar-refractivity contribution in [2.75, 3.05) is 38.5 Å². The second-order valence-corrected chi connectivity index (χ2v) is 12.9. The lowest BCUT2D eigenvalue weighted by molar-refractivity contribution is -0.157. The molecule has 244 valence electrons. The normalized spacial score (nSPS) is 12.3. The Morgan fingerprint density at radius 2 is 1.70 bits per heavy atom. The molecule has 0 fully saturated rings. The molecule has 3 aromatic rings. The number of rotatable bonds is 17. The Morgan fingerprint density at radius 3 is 2.41 bits per heavy atom. The first-order valence-electron chi connectivity index (χ1n) is 16.0. The lowest BCUT2D eigenvalue weighted by Gasteiger charge is -2.27. The molecular weight excluding hydrogens is 558 g/mol. The van der Waals surface area contributed by atoms with E-state index in [1.165, 1.54) is 0 Å². The molecule has 2 heterocycles. The van der Waals surface area contributed by atoms with Gasteiger partial charge < -0.3 is 35.3 Å². The molecule has 2 aromatic heterocycles. The van der Waals surface area contributed by atoms with Crippen LogP contribution in [-0.4, -0.2) is 75.4 Å². The summed E-state index contributed by atoms with van der Waals surface area (Å²) in [7, 11) is 0. The van der Waals surface area contributed by atoms with Gasteiger partial charge in [0.2, 0.25) is 0 Å². The number of alkyl carbamates (subject to hydrolysis) is 1. The predicted molar refractivity (Wildman–Crippen MR) is 176 cm³/mol. The number of hydrogen-bond donors (Lipinski definition) is 3. The molecule has 0 unspecified atom stereocenters. The van der Waals surface area contributed by atoms with Crippen LogP contribution in [0, 0.1) is 0 Å².